The summed E-state index contributed by atoms with van der Waals surface area (Å²) in [4.78, 5) is 23.9. The number of carbonyl (C=O) groups excluding carboxylic acids is 1. The van der Waals surface area contributed by atoms with E-state index in [-0.39, 0.29) is 27.9 Å². The van der Waals surface area contributed by atoms with E-state index < -0.39 is 10.8 Å². The van der Waals surface area contributed by atoms with E-state index in [1.807, 2.05) is 0 Å². The maximum Gasteiger partial charge on any atom is 0.271 e. The van der Waals surface area contributed by atoms with Crippen LogP contribution in [0.15, 0.2) is 12.1 Å². The second-order valence-corrected chi connectivity index (χ2v) is 4.79. The number of nitro benzene ring substituents is 1. The molecule has 20 heavy (non-hydrogen) atoms. The molecule has 8 heteroatoms. The van der Waals surface area contributed by atoms with Crippen LogP contribution >= 0.6 is 23.2 Å². The van der Waals surface area contributed by atoms with Gasteiger partial charge in [0.1, 0.15) is 0 Å². The summed E-state index contributed by atoms with van der Waals surface area (Å²) in [6.07, 6.45) is 0.417. The topological polar surface area (TPSA) is 83.7 Å². The first-order valence-corrected chi connectivity index (χ1v) is 6.71. The molecule has 0 saturated heterocycles. The van der Waals surface area contributed by atoms with Crippen molar-refractivity contribution in [2.45, 2.75) is 13.3 Å². The highest BCUT2D eigenvalue weighted by atomic mass is 35.5. The molecule has 0 fully saturated rings. The molecular weight excluding hydrogens is 307 g/mol. The van der Waals surface area contributed by atoms with Crippen molar-refractivity contribution in [3.8, 4) is 0 Å². The van der Waals surface area contributed by atoms with Crippen molar-refractivity contribution in [2.75, 3.05) is 19.7 Å². The Balaban J connectivity index is 3.16. The predicted octanol–water partition coefficient (Wildman–Crippen LogP) is 2.75. The summed E-state index contributed by atoms with van der Waals surface area (Å²) < 4.78 is 0. The minimum absolute atomic E-state index is 0.00865. The molecule has 1 rings (SSSR count). The van der Waals surface area contributed by atoms with Gasteiger partial charge in [0.25, 0.3) is 11.6 Å². The van der Waals surface area contributed by atoms with Crippen LogP contribution in [0.3, 0.4) is 0 Å². The van der Waals surface area contributed by atoms with Crippen LogP contribution in [0.5, 0.6) is 0 Å². The van der Waals surface area contributed by atoms with Gasteiger partial charge in [-0.3, -0.25) is 14.9 Å². The van der Waals surface area contributed by atoms with Gasteiger partial charge < -0.3 is 10.0 Å². The Hall–Kier alpha value is -1.37. The maximum absolute atomic E-state index is 12.3. The minimum Gasteiger partial charge on any atom is -0.396 e. The first-order chi connectivity index (χ1) is 9.42. The lowest BCUT2D eigenvalue weighted by Crippen LogP contribution is -2.32. The molecule has 0 aromatic heterocycles. The number of hydrogen-bond acceptors (Lipinski definition) is 4. The number of aliphatic hydroxyl groups is 1. The van der Waals surface area contributed by atoms with Crippen LogP contribution in [0, 0.1) is 10.1 Å². The number of non-ortho nitro benzene ring substituents is 1. The van der Waals surface area contributed by atoms with Crippen LogP contribution in [0.1, 0.15) is 23.7 Å². The SMILES string of the molecule is CCN(CCCO)C(=O)c1cc([N+](=O)[O-])cc(Cl)c1Cl. The van der Waals surface area contributed by atoms with Crippen LogP contribution in [0.4, 0.5) is 5.69 Å². The van der Waals surface area contributed by atoms with Crippen molar-refractivity contribution in [3.05, 3.63) is 37.9 Å². The Morgan fingerprint density at radius 2 is 2.10 bits per heavy atom. The second-order valence-electron chi connectivity index (χ2n) is 4.01. The molecule has 110 valence electrons. The lowest BCUT2D eigenvalue weighted by molar-refractivity contribution is -0.384. The number of halogens is 2. The molecule has 6 nitrogen and oxygen atoms in total. The van der Waals surface area contributed by atoms with Crippen molar-refractivity contribution >= 4 is 34.8 Å². The summed E-state index contributed by atoms with van der Waals surface area (Å²) in [5.41, 5.74) is -0.299. The van der Waals surface area contributed by atoms with Crippen LogP contribution < -0.4 is 0 Å². The van der Waals surface area contributed by atoms with E-state index in [2.05, 4.69) is 0 Å². The Bertz CT molecular complexity index is 522. The second kappa shape index (κ2) is 7.42. The fraction of sp³-hybridized carbons (Fsp3) is 0.417. The van der Waals surface area contributed by atoms with Gasteiger partial charge in [-0.05, 0) is 13.3 Å². The Kier molecular flexibility index (Phi) is 6.19. The summed E-state index contributed by atoms with van der Waals surface area (Å²) in [7, 11) is 0. The van der Waals surface area contributed by atoms with Crippen molar-refractivity contribution in [1.82, 2.24) is 4.90 Å². The van der Waals surface area contributed by atoms with E-state index in [1.165, 1.54) is 4.90 Å². The number of hydrogen-bond donors (Lipinski definition) is 1. The molecule has 0 aliphatic heterocycles. The number of amides is 1. The molecule has 0 aliphatic carbocycles. The molecule has 0 bridgehead atoms. The molecule has 0 saturated carbocycles. The largest absolute Gasteiger partial charge is 0.396 e. The zero-order chi connectivity index (χ0) is 15.3. The maximum atomic E-state index is 12.3. The van der Waals surface area contributed by atoms with Crippen LogP contribution in [-0.4, -0.2) is 40.5 Å². The highest BCUT2D eigenvalue weighted by molar-refractivity contribution is 6.44. The van der Waals surface area contributed by atoms with E-state index in [4.69, 9.17) is 28.3 Å². The van der Waals surface area contributed by atoms with Gasteiger partial charge in [0.15, 0.2) is 0 Å². The van der Waals surface area contributed by atoms with Gasteiger partial charge in [0.2, 0.25) is 0 Å². The summed E-state index contributed by atoms with van der Waals surface area (Å²) in [6, 6.07) is 2.21. The van der Waals surface area contributed by atoms with E-state index >= 15 is 0 Å². The molecule has 0 unspecified atom stereocenters. The molecule has 1 aromatic rings. The van der Waals surface area contributed by atoms with E-state index in [9.17, 15) is 14.9 Å². The quantitative estimate of drug-likeness (QED) is 0.645. The highest BCUT2D eigenvalue weighted by Crippen LogP contribution is 2.31. The van der Waals surface area contributed by atoms with Crippen molar-refractivity contribution in [3.63, 3.8) is 0 Å². The summed E-state index contributed by atoms with van der Waals surface area (Å²) in [5.74, 6) is -0.448. The Morgan fingerprint density at radius 1 is 1.45 bits per heavy atom. The number of aliphatic hydroxyl groups excluding tert-OH is 1. The zero-order valence-electron chi connectivity index (χ0n) is 10.8. The predicted molar refractivity (Wildman–Crippen MR) is 76.4 cm³/mol. The van der Waals surface area contributed by atoms with E-state index in [0.717, 1.165) is 12.1 Å². The average molecular weight is 321 g/mol. The summed E-state index contributed by atoms with van der Waals surface area (Å²) in [5, 5.41) is 19.6. The number of rotatable bonds is 6. The van der Waals surface area contributed by atoms with Gasteiger partial charge in [-0.1, -0.05) is 23.2 Å². The first-order valence-electron chi connectivity index (χ1n) is 5.95. The molecule has 1 N–H and O–H groups in total. The highest BCUT2D eigenvalue weighted by Gasteiger charge is 2.22. The fourth-order valence-electron chi connectivity index (χ4n) is 1.67. The van der Waals surface area contributed by atoms with Gasteiger partial charge in [-0.2, -0.15) is 0 Å². The van der Waals surface area contributed by atoms with Crippen LogP contribution in [-0.2, 0) is 0 Å². The third-order valence-corrected chi connectivity index (χ3v) is 3.51. The van der Waals surface area contributed by atoms with Crippen LogP contribution in [0.2, 0.25) is 10.0 Å². The third-order valence-electron chi connectivity index (χ3n) is 2.71. The van der Waals surface area contributed by atoms with Gasteiger partial charge in [-0.25, -0.2) is 0 Å². The lowest BCUT2D eigenvalue weighted by Gasteiger charge is -2.21. The normalized spacial score (nSPS) is 10.4. The average Bonchev–Trinajstić information content (AvgIpc) is 2.42. The molecule has 0 atom stereocenters. The molecule has 0 aliphatic rings. The van der Waals surface area contributed by atoms with Gasteiger partial charge in [-0.15, -0.1) is 0 Å². The monoisotopic (exact) mass is 320 g/mol. The van der Waals surface area contributed by atoms with Crippen molar-refractivity contribution < 1.29 is 14.8 Å². The van der Waals surface area contributed by atoms with Crippen molar-refractivity contribution in [2.24, 2.45) is 0 Å². The zero-order valence-corrected chi connectivity index (χ0v) is 12.3. The van der Waals surface area contributed by atoms with Gasteiger partial charge in [0, 0.05) is 31.8 Å². The number of carbonyl (C=O) groups is 1. The smallest absolute Gasteiger partial charge is 0.271 e. The number of nitrogens with zero attached hydrogens (tertiary/aromatic N) is 2. The first kappa shape index (κ1) is 16.7. The van der Waals surface area contributed by atoms with Crippen LogP contribution in [0.25, 0.3) is 0 Å². The van der Waals surface area contributed by atoms with Gasteiger partial charge >= 0.3 is 0 Å². The summed E-state index contributed by atoms with van der Waals surface area (Å²) in [6.45, 7) is 2.45. The Morgan fingerprint density at radius 3 is 2.60 bits per heavy atom. The minimum atomic E-state index is -0.636. The van der Waals surface area contributed by atoms with E-state index in [1.54, 1.807) is 6.92 Å². The molecule has 0 heterocycles. The molecule has 1 aromatic carbocycles. The van der Waals surface area contributed by atoms with E-state index in [0.29, 0.717) is 19.5 Å². The summed E-state index contributed by atoms with van der Waals surface area (Å²) >= 11 is 11.8. The molecule has 1 amide bonds. The third kappa shape index (κ3) is 3.82. The molecular formula is C12H14Cl2N2O4. The number of nitro groups is 1. The lowest BCUT2D eigenvalue weighted by atomic mass is 10.1. The fourth-order valence-corrected chi connectivity index (χ4v) is 2.07. The Labute approximate surface area is 126 Å². The number of benzene rings is 1. The van der Waals surface area contributed by atoms with Crippen molar-refractivity contribution in [1.29, 1.82) is 0 Å². The van der Waals surface area contributed by atoms with Gasteiger partial charge in [0.05, 0.1) is 20.5 Å². The molecule has 0 spiro atoms. The standard InChI is InChI=1S/C12H14Cl2N2O4/c1-2-15(4-3-5-17)12(18)9-6-8(16(19)20)7-10(13)11(9)14/h6-7,17H,2-5H2,1H3. The molecule has 0 radical (unpaired) electrons.